The Hall–Kier alpha value is -1.64. The third-order valence-corrected chi connectivity index (χ3v) is 2.81. The van der Waals surface area contributed by atoms with Crippen molar-refractivity contribution in [3.05, 3.63) is 34.7 Å². The molecule has 84 valence electrons. The topological polar surface area (TPSA) is 39.2 Å². The van der Waals surface area contributed by atoms with Crippen molar-refractivity contribution >= 4 is 12.0 Å². The molecule has 0 saturated carbocycles. The predicted octanol–water partition coefficient (Wildman–Crippen LogP) is 2.61. The molecule has 3 heteroatoms. The Kier molecular flexibility index (Phi) is 3.04. The molecule has 0 atom stereocenters. The molecule has 0 amide bonds. The molecule has 1 heterocycles. The second-order valence-electron chi connectivity index (χ2n) is 3.94. The molecular weight excluding hydrogens is 202 g/mol. The van der Waals surface area contributed by atoms with E-state index >= 15 is 0 Å². The maximum Gasteiger partial charge on any atom is 0.338 e. The smallest absolute Gasteiger partial charge is 0.338 e. The first-order valence-corrected chi connectivity index (χ1v) is 5.52. The highest BCUT2D eigenvalue weighted by atomic mass is 16.5. The van der Waals surface area contributed by atoms with Gasteiger partial charge in [0.05, 0.1) is 18.4 Å². The largest absolute Gasteiger partial charge is 0.465 e. The number of carbonyl (C=O) groups is 1. The number of esters is 1. The zero-order valence-electron chi connectivity index (χ0n) is 9.62. The molecule has 0 unspecified atom stereocenters. The molecule has 0 radical (unpaired) electrons. The maximum atomic E-state index is 11.6. The van der Waals surface area contributed by atoms with Crippen molar-refractivity contribution in [3.8, 4) is 0 Å². The monoisotopic (exact) mass is 217 g/mol. The Morgan fingerprint density at radius 1 is 1.56 bits per heavy atom. The van der Waals surface area contributed by atoms with Crippen molar-refractivity contribution in [1.82, 2.24) is 4.98 Å². The van der Waals surface area contributed by atoms with Crippen molar-refractivity contribution in [2.45, 2.75) is 26.2 Å². The number of aromatic nitrogens is 1. The van der Waals surface area contributed by atoms with Gasteiger partial charge in [0.2, 0.25) is 0 Å². The summed E-state index contributed by atoms with van der Waals surface area (Å²) in [5, 5.41) is 0. The number of hydrogen-bond acceptors (Lipinski definition) is 3. The third kappa shape index (κ3) is 1.85. The third-order valence-electron chi connectivity index (χ3n) is 2.81. The van der Waals surface area contributed by atoms with E-state index in [9.17, 15) is 4.79 Å². The Labute approximate surface area is 95.2 Å². The molecule has 0 N–H and O–H groups in total. The van der Waals surface area contributed by atoms with Gasteiger partial charge in [-0.1, -0.05) is 18.9 Å². The van der Waals surface area contributed by atoms with Crippen LogP contribution in [0, 0.1) is 0 Å². The van der Waals surface area contributed by atoms with E-state index in [1.807, 2.05) is 0 Å². The number of fused-ring (bicyclic) bond motifs is 1. The van der Waals surface area contributed by atoms with Gasteiger partial charge in [-0.25, -0.2) is 4.79 Å². The molecule has 3 nitrogen and oxygen atoms in total. The molecular formula is C13H15NO2. The highest BCUT2D eigenvalue weighted by Crippen LogP contribution is 2.28. The number of hydrogen-bond donors (Lipinski definition) is 0. The highest BCUT2D eigenvalue weighted by Gasteiger charge is 2.20. The summed E-state index contributed by atoms with van der Waals surface area (Å²) in [5.74, 6) is -0.273. The molecule has 1 aromatic heterocycles. The van der Waals surface area contributed by atoms with E-state index in [2.05, 4.69) is 18.0 Å². The zero-order valence-corrected chi connectivity index (χ0v) is 9.62. The van der Waals surface area contributed by atoms with E-state index in [-0.39, 0.29) is 5.97 Å². The lowest BCUT2D eigenvalue weighted by molar-refractivity contribution is 0.0599. The van der Waals surface area contributed by atoms with Crippen molar-refractivity contribution < 1.29 is 9.53 Å². The molecule has 16 heavy (non-hydrogen) atoms. The minimum Gasteiger partial charge on any atom is -0.465 e. The predicted molar refractivity (Wildman–Crippen MR) is 62.2 cm³/mol. The number of carbonyl (C=O) groups excluding carboxylic acids is 1. The van der Waals surface area contributed by atoms with Gasteiger partial charge < -0.3 is 4.74 Å². The number of ether oxygens (including phenoxy) is 1. The average Bonchev–Trinajstić information content (AvgIpc) is 2.70. The number of rotatable bonds is 3. The van der Waals surface area contributed by atoms with Crippen LogP contribution in [0.4, 0.5) is 0 Å². The van der Waals surface area contributed by atoms with E-state index in [0.717, 1.165) is 30.5 Å². The van der Waals surface area contributed by atoms with Gasteiger partial charge in [-0.2, -0.15) is 0 Å². The van der Waals surface area contributed by atoms with Crippen LogP contribution in [0.3, 0.4) is 0 Å². The van der Waals surface area contributed by atoms with Gasteiger partial charge in [-0.15, -0.1) is 0 Å². The Bertz CT molecular complexity index is 449. The van der Waals surface area contributed by atoms with Crippen LogP contribution in [0.15, 0.2) is 17.8 Å². The Morgan fingerprint density at radius 2 is 2.38 bits per heavy atom. The Balaban J connectivity index is 2.33. The van der Waals surface area contributed by atoms with E-state index in [1.54, 1.807) is 12.3 Å². The first-order chi connectivity index (χ1) is 7.76. The highest BCUT2D eigenvalue weighted by molar-refractivity contribution is 5.92. The number of nitrogens with zero attached hydrogens (tertiary/aromatic N) is 1. The standard InChI is InChI=1S/C13H15NO2/c1-3-4-9-7-11-10(13(15)16-2)5-6-14-12(11)8-9/h5-6,8H,3-4,7H2,1-2H3. The summed E-state index contributed by atoms with van der Waals surface area (Å²) in [6.07, 6.45) is 6.77. The van der Waals surface area contributed by atoms with Crippen LogP contribution < -0.4 is 0 Å². The summed E-state index contributed by atoms with van der Waals surface area (Å²) < 4.78 is 4.77. The Morgan fingerprint density at radius 3 is 3.06 bits per heavy atom. The summed E-state index contributed by atoms with van der Waals surface area (Å²) >= 11 is 0. The van der Waals surface area contributed by atoms with Gasteiger partial charge in [-0.3, -0.25) is 4.98 Å². The molecule has 0 bridgehead atoms. The molecule has 0 spiro atoms. The van der Waals surface area contributed by atoms with Gasteiger partial charge >= 0.3 is 5.97 Å². The lowest BCUT2D eigenvalue weighted by Gasteiger charge is -2.05. The van der Waals surface area contributed by atoms with Crippen molar-refractivity contribution in [1.29, 1.82) is 0 Å². The molecule has 1 aliphatic rings. The molecule has 1 aromatic rings. The quantitative estimate of drug-likeness (QED) is 0.730. The second kappa shape index (κ2) is 4.47. The normalized spacial score (nSPS) is 13.2. The van der Waals surface area contributed by atoms with Gasteiger partial charge in [0.25, 0.3) is 0 Å². The molecule has 1 aliphatic carbocycles. The summed E-state index contributed by atoms with van der Waals surface area (Å²) in [6.45, 7) is 2.15. The first-order valence-electron chi connectivity index (χ1n) is 5.52. The van der Waals surface area contributed by atoms with E-state index in [1.165, 1.54) is 12.7 Å². The lowest BCUT2D eigenvalue weighted by atomic mass is 10.0. The van der Waals surface area contributed by atoms with Gasteiger partial charge in [0, 0.05) is 6.20 Å². The minimum atomic E-state index is -0.273. The summed E-state index contributed by atoms with van der Waals surface area (Å²) in [4.78, 5) is 15.8. The number of methoxy groups -OCH3 is 1. The average molecular weight is 217 g/mol. The van der Waals surface area contributed by atoms with Crippen LogP contribution in [0.1, 0.15) is 41.4 Å². The minimum absolute atomic E-state index is 0.273. The summed E-state index contributed by atoms with van der Waals surface area (Å²) in [7, 11) is 1.41. The number of allylic oxidation sites excluding steroid dienone is 1. The second-order valence-corrected chi connectivity index (χ2v) is 3.94. The lowest BCUT2D eigenvalue weighted by Crippen LogP contribution is -2.06. The van der Waals surface area contributed by atoms with Crippen LogP contribution >= 0.6 is 0 Å². The van der Waals surface area contributed by atoms with Crippen LogP contribution in [-0.4, -0.2) is 18.1 Å². The first kappa shape index (κ1) is 10.9. The van der Waals surface area contributed by atoms with E-state index < -0.39 is 0 Å². The van der Waals surface area contributed by atoms with Crippen molar-refractivity contribution in [3.63, 3.8) is 0 Å². The van der Waals surface area contributed by atoms with Crippen molar-refractivity contribution in [2.24, 2.45) is 0 Å². The molecule has 0 aromatic carbocycles. The van der Waals surface area contributed by atoms with Crippen LogP contribution in [-0.2, 0) is 11.2 Å². The van der Waals surface area contributed by atoms with Gasteiger partial charge in [0.1, 0.15) is 0 Å². The van der Waals surface area contributed by atoms with Crippen LogP contribution in [0.25, 0.3) is 6.08 Å². The SMILES string of the molecule is CCCC1=Cc2nccc(C(=O)OC)c2C1. The van der Waals surface area contributed by atoms with Gasteiger partial charge in [0.15, 0.2) is 0 Å². The molecule has 0 fully saturated rings. The number of pyridine rings is 1. The van der Waals surface area contributed by atoms with E-state index in [4.69, 9.17) is 4.74 Å². The van der Waals surface area contributed by atoms with Crippen molar-refractivity contribution in [2.75, 3.05) is 7.11 Å². The fourth-order valence-corrected chi connectivity index (χ4v) is 2.07. The zero-order chi connectivity index (χ0) is 11.5. The van der Waals surface area contributed by atoms with Crippen LogP contribution in [0.2, 0.25) is 0 Å². The fourth-order valence-electron chi connectivity index (χ4n) is 2.07. The molecule has 0 aliphatic heterocycles. The maximum absolute atomic E-state index is 11.6. The van der Waals surface area contributed by atoms with E-state index in [0.29, 0.717) is 5.56 Å². The fraction of sp³-hybridized carbons (Fsp3) is 0.385. The summed E-state index contributed by atoms with van der Waals surface area (Å²) in [5.41, 5.74) is 3.93. The van der Waals surface area contributed by atoms with Gasteiger partial charge in [-0.05, 0) is 30.5 Å². The molecule has 2 rings (SSSR count). The summed E-state index contributed by atoms with van der Waals surface area (Å²) in [6, 6.07) is 1.73. The molecule has 0 saturated heterocycles. The van der Waals surface area contributed by atoms with Crippen LogP contribution in [0.5, 0.6) is 0 Å².